The van der Waals surface area contributed by atoms with Gasteiger partial charge in [-0.3, -0.25) is 0 Å². The van der Waals surface area contributed by atoms with Crippen molar-refractivity contribution in [2.24, 2.45) is 0 Å². The fraction of sp³-hybridized carbons (Fsp3) is 0.133. The van der Waals surface area contributed by atoms with E-state index in [-0.39, 0.29) is 5.56 Å². The number of methoxy groups -OCH3 is 1. The molecule has 1 N–H and O–H groups in total. The molecule has 0 aliphatic heterocycles. The van der Waals surface area contributed by atoms with Gasteiger partial charge < -0.3 is 9.84 Å². The average Bonchev–Trinajstić information content (AvgIpc) is 2.37. The Balaban J connectivity index is 2.48. The summed E-state index contributed by atoms with van der Waals surface area (Å²) in [5.41, 5.74) is 1.88. The van der Waals surface area contributed by atoms with Crippen LogP contribution in [0.2, 0.25) is 0 Å². The van der Waals surface area contributed by atoms with Gasteiger partial charge in [-0.25, -0.2) is 9.18 Å². The third-order valence-corrected chi connectivity index (χ3v) is 2.94. The smallest absolute Gasteiger partial charge is 0.335 e. The van der Waals surface area contributed by atoms with Crippen LogP contribution in [0.15, 0.2) is 36.4 Å². The molecule has 0 unspecified atom stereocenters. The van der Waals surface area contributed by atoms with Gasteiger partial charge in [-0.05, 0) is 36.2 Å². The van der Waals surface area contributed by atoms with E-state index in [0.29, 0.717) is 22.4 Å². The van der Waals surface area contributed by atoms with E-state index in [1.54, 1.807) is 31.2 Å². The second-order valence-corrected chi connectivity index (χ2v) is 4.18. The van der Waals surface area contributed by atoms with Crippen LogP contribution >= 0.6 is 0 Å². The molecule has 0 aromatic heterocycles. The van der Waals surface area contributed by atoms with Crippen molar-refractivity contribution in [1.29, 1.82) is 0 Å². The predicted molar refractivity (Wildman–Crippen MR) is 70.1 cm³/mol. The van der Waals surface area contributed by atoms with Crippen molar-refractivity contribution in [2.45, 2.75) is 6.92 Å². The Bertz CT molecular complexity index is 635. The van der Waals surface area contributed by atoms with Gasteiger partial charge in [0, 0.05) is 11.6 Å². The van der Waals surface area contributed by atoms with E-state index in [0.717, 1.165) is 0 Å². The topological polar surface area (TPSA) is 46.5 Å². The number of carboxylic acids is 1. The van der Waals surface area contributed by atoms with Gasteiger partial charge in [0.25, 0.3) is 0 Å². The fourth-order valence-corrected chi connectivity index (χ4v) is 1.93. The van der Waals surface area contributed by atoms with Gasteiger partial charge in [0.2, 0.25) is 0 Å². The molecular weight excluding hydrogens is 247 g/mol. The van der Waals surface area contributed by atoms with Gasteiger partial charge in [0.1, 0.15) is 11.6 Å². The number of carboxylic acid groups (broad SMARTS) is 1. The van der Waals surface area contributed by atoms with E-state index < -0.39 is 11.8 Å². The van der Waals surface area contributed by atoms with Crippen LogP contribution in [0.3, 0.4) is 0 Å². The molecule has 0 atom stereocenters. The highest BCUT2D eigenvalue weighted by molar-refractivity contribution is 5.90. The van der Waals surface area contributed by atoms with Gasteiger partial charge >= 0.3 is 5.97 Å². The van der Waals surface area contributed by atoms with Gasteiger partial charge in [0.15, 0.2) is 0 Å². The maximum absolute atomic E-state index is 13.9. The quantitative estimate of drug-likeness (QED) is 0.918. The average molecular weight is 260 g/mol. The maximum Gasteiger partial charge on any atom is 0.335 e. The molecule has 2 aromatic carbocycles. The number of ether oxygens (including phenoxy) is 1. The molecule has 0 amide bonds. The first kappa shape index (κ1) is 13.1. The van der Waals surface area contributed by atoms with Gasteiger partial charge in [-0.2, -0.15) is 0 Å². The third-order valence-electron chi connectivity index (χ3n) is 2.94. The van der Waals surface area contributed by atoms with E-state index in [2.05, 4.69) is 0 Å². The van der Waals surface area contributed by atoms with E-state index in [1.165, 1.54) is 19.2 Å². The molecule has 0 fully saturated rings. The number of halogens is 1. The molecule has 0 saturated carbocycles. The highest BCUT2D eigenvalue weighted by Gasteiger charge is 2.11. The molecule has 0 heterocycles. The van der Waals surface area contributed by atoms with Crippen molar-refractivity contribution in [3.63, 3.8) is 0 Å². The number of benzene rings is 2. The Hall–Kier alpha value is -2.36. The van der Waals surface area contributed by atoms with Crippen LogP contribution in [-0.4, -0.2) is 18.2 Å². The molecule has 0 aliphatic rings. The number of aryl methyl sites for hydroxylation is 1. The Morgan fingerprint density at radius 1 is 1.21 bits per heavy atom. The largest absolute Gasteiger partial charge is 0.497 e. The molecule has 2 rings (SSSR count). The lowest BCUT2D eigenvalue weighted by molar-refractivity contribution is 0.0696. The summed E-state index contributed by atoms with van der Waals surface area (Å²) in [6.45, 7) is 1.69. The molecule has 3 nitrogen and oxygen atoms in total. The van der Waals surface area contributed by atoms with E-state index in [4.69, 9.17) is 9.84 Å². The van der Waals surface area contributed by atoms with E-state index in [1.807, 2.05) is 0 Å². The summed E-state index contributed by atoms with van der Waals surface area (Å²) >= 11 is 0. The highest BCUT2D eigenvalue weighted by Crippen LogP contribution is 2.27. The van der Waals surface area contributed by atoms with Crippen LogP contribution < -0.4 is 4.74 Å². The molecule has 0 spiro atoms. The normalized spacial score (nSPS) is 10.3. The molecule has 0 saturated heterocycles. The summed E-state index contributed by atoms with van der Waals surface area (Å²) in [4.78, 5) is 10.9. The summed E-state index contributed by atoms with van der Waals surface area (Å²) in [5, 5.41) is 8.96. The predicted octanol–water partition coefficient (Wildman–Crippen LogP) is 3.51. The molecule has 2 aromatic rings. The molecular formula is C15H13FO3. The first-order valence-electron chi connectivity index (χ1n) is 5.71. The molecule has 0 aliphatic carbocycles. The number of rotatable bonds is 3. The van der Waals surface area contributed by atoms with Crippen molar-refractivity contribution >= 4 is 5.97 Å². The van der Waals surface area contributed by atoms with E-state index in [9.17, 15) is 9.18 Å². The summed E-state index contributed by atoms with van der Waals surface area (Å²) in [6, 6.07) is 9.32. The SMILES string of the molecule is COc1ccc(-c2ccc(C(=O)O)c(C)c2)c(F)c1. The summed E-state index contributed by atoms with van der Waals surface area (Å²) < 4.78 is 18.9. The minimum atomic E-state index is -0.987. The minimum Gasteiger partial charge on any atom is -0.497 e. The third kappa shape index (κ3) is 2.57. The first-order valence-corrected chi connectivity index (χ1v) is 5.71. The maximum atomic E-state index is 13.9. The summed E-state index contributed by atoms with van der Waals surface area (Å²) in [7, 11) is 1.47. The van der Waals surface area contributed by atoms with Crippen molar-refractivity contribution in [1.82, 2.24) is 0 Å². The van der Waals surface area contributed by atoms with Crippen LogP contribution in [0, 0.1) is 12.7 Å². The lowest BCUT2D eigenvalue weighted by atomic mass is 9.99. The van der Waals surface area contributed by atoms with Crippen LogP contribution in [0.25, 0.3) is 11.1 Å². The Kier molecular flexibility index (Phi) is 3.51. The number of hydrogen-bond acceptors (Lipinski definition) is 2. The first-order chi connectivity index (χ1) is 9.02. The number of aromatic carboxylic acids is 1. The van der Waals surface area contributed by atoms with Crippen LogP contribution in [0.4, 0.5) is 4.39 Å². The zero-order valence-corrected chi connectivity index (χ0v) is 10.6. The minimum absolute atomic E-state index is 0.220. The van der Waals surface area contributed by atoms with Crippen LogP contribution in [-0.2, 0) is 0 Å². The van der Waals surface area contributed by atoms with Gasteiger partial charge in [0.05, 0.1) is 12.7 Å². The highest BCUT2D eigenvalue weighted by atomic mass is 19.1. The molecule has 19 heavy (non-hydrogen) atoms. The second kappa shape index (κ2) is 5.10. The summed E-state index contributed by atoms with van der Waals surface area (Å²) in [6.07, 6.45) is 0. The lowest BCUT2D eigenvalue weighted by Crippen LogP contribution is -1.99. The van der Waals surface area contributed by atoms with E-state index >= 15 is 0 Å². The van der Waals surface area contributed by atoms with Crippen molar-refractivity contribution in [2.75, 3.05) is 7.11 Å². The number of carbonyl (C=O) groups is 1. The Morgan fingerprint density at radius 2 is 1.95 bits per heavy atom. The molecule has 4 heteroatoms. The monoisotopic (exact) mass is 260 g/mol. The Morgan fingerprint density at radius 3 is 2.47 bits per heavy atom. The van der Waals surface area contributed by atoms with Gasteiger partial charge in [-0.15, -0.1) is 0 Å². The zero-order valence-electron chi connectivity index (χ0n) is 10.6. The zero-order chi connectivity index (χ0) is 14.0. The molecule has 0 bridgehead atoms. The summed E-state index contributed by atoms with van der Waals surface area (Å²) in [5.74, 6) is -0.943. The lowest BCUT2D eigenvalue weighted by Gasteiger charge is -2.08. The van der Waals surface area contributed by atoms with Gasteiger partial charge in [-0.1, -0.05) is 12.1 Å². The molecule has 0 radical (unpaired) electrons. The molecule has 98 valence electrons. The Labute approximate surface area is 110 Å². The van der Waals surface area contributed by atoms with Crippen molar-refractivity contribution in [3.8, 4) is 16.9 Å². The standard InChI is InChI=1S/C15H13FO3/c1-9-7-10(3-5-12(9)15(17)18)13-6-4-11(19-2)8-14(13)16/h3-8H,1-2H3,(H,17,18). The van der Waals surface area contributed by atoms with Crippen LogP contribution in [0.5, 0.6) is 5.75 Å². The number of hydrogen-bond donors (Lipinski definition) is 1. The second-order valence-electron chi connectivity index (χ2n) is 4.18. The van der Waals surface area contributed by atoms with Crippen LogP contribution in [0.1, 0.15) is 15.9 Å². The fourth-order valence-electron chi connectivity index (χ4n) is 1.93. The van der Waals surface area contributed by atoms with Crippen molar-refractivity contribution in [3.05, 3.63) is 53.3 Å². The van der Waals surface area contributed by atoms with Crippen molar-refractivity contribution < 1.29 is 19.0 Å².